The second-order valence-electron chi connectivity index (χ2n) is 4.98. The van der Waals surface area contributed by atoms with Crippen LogP contribution in [0.5, 0.6) is 11.5 Å². The van der Waals surface area contributed by atoms with E-state index in [2.05, 4.69) is 26.8 Å². The van der Waals surface area contributed by atoms with Crippen molar-refractivity contribution < 1.29 is 4.74 Å². The van der Waals surface area contributed by atoms with Gasteiger partial charge in [0.25, 0.3) is 0 Å². The zero-order valence-corrected chi connectivity index (χ0v) is 11.8. The first kappa shape index (κ1) is 13.6. The van der Waals surface area contributed by atoms with Crippen LogP contribution in [0.25, 0.3) is 0 Å². The van der Waals surface area contributed by atoms with E-state index in [0.717, 1.165) is 23.5 Å². The average Bonchev–Trinajstić information content (AvgIpc) is 2.37. The van der Waals surface area contributed by atoms with Crippen LogP contribution >= 0.6 is 0 Å². The van der Waals surface area contributed by atoms with Gasteiger partial charge in [0, 0.05) is 11.6 Å². The van der Waals surface area contributed by atoms with Crippen molar-refractivity contribution in [2.24, 2.45) is 5.73 Å². The van der Waals surface area contributed by atoms with Crippen molar-refractivity contribution in [3.63, 3.8) is 0 Å². The predicted octanol–water partition coefficient (Wildman–Crippen LogP) is 4.51. The van der Waals surface area contributed by atoms with Gasteiger partial charge in [-0.25, -0.2) is 0 Å². The van der Waals surface area contributed by atoms with E-state index in [0.29, 0.717) is 0 Å². The molecule has 2 heteroatoms. The minimum Gasteiger partial charge on any atom is -0.457 e. The van der Waals surface area contributed by atoms with Crippen molar-refractivity contribution in [3.8, 4) is 11.5 Å². The van der Waals surface area contributed by atoms with E-state index in [-0.39, 0.29) is 6.04 Å². The van der Waals surface area contributed by atoms with E-state index in [1.807, 2.05) is 36.4 Å². The molecule has 0 bridgehead atoms. The topological polar surface area (TPSA) is 35.2 Å². The summed E-state index contributed by atoms with van der Waals surface area (Å²) in [5.74, 6) is 1.72. The molecule has 0 amide bonds. The summed E-state index contributed by atoms with van der Waals surface area (Å²) in [7, 11) is 0. The van der Waals surface area contributed by atoms with Crippen LogP contribution in [0.3, 0.4) is 0 Å². The van der Waals surface area contributed by atoms with Gasteiger partial charge in [-0.2, -0.15) is 0 Å². The number of hydrogen-bond acceptors (Lipinski definition) is 2. The molecule has 0 saturated heterocycles. The highest BCUT2D eigenvalue weighted by Gasteiger charge is 2.10. The van der Waals surface area contributed by atoms with Crippen molar-refractivity contribution in [1.29, 1.82) is 0 Å². The Kier molecular flexibility index (Phi) is 4.23. The zero-order chi connectivity index (χ0) is 13.8. The monoisotopic (exact) mass is 255 g/mol. The third-order valence-corrected chi connectivity index (χ3v) is 3.18. The third kappa shape index (κ3) is 3.36. The van der Waals surface area contributed by atoms with Gasteiger partial charge < -0.3 is 10.5 Å². The molecule has 2 aromatic carbocycles. The zero-order valence-electron chi connectivity index (χ0n) is 11.8. The highest BCUT2D eigenvalue weighted by atomic mass is 16.5. The Bertz CT molecular complexity index is 543. The second-order valence-corrected chi connectivity index (χ2v) is 4.98. The van der Waals surface area contributed by atoms with Crippen molar-refractivity contribution in [3.05, 3.63) is 59.2 Å². The fourth-order valence-corrected chi connectivity index (χ4v) is 2.22. The average molecular weight is 255 g/mol. The molecule has 0 aliphatic rings. The maximum Gasteiger partial charge on any atom is 0.132 e. The van der Waals surface area contributed by atoms with Crippen molar-refractivity contribution >= 4 is 0 Å². The summed E-state index contributed by atoms with van der Waals surface area (Å²) in [5, 5.41) is 0. The fraction of sp³-hybridized carbons (Fsp3) is 0.294. The predicted molar refractivity (Wildman–Crippen MR) is 79.7 cm³/mol. The molecule has 2 N–H and O–H groups in total. The number of hydrogen-bond donors (Lipinski definition) is 1. The van der Waals surface area contributed by atoms with Gasteiger partial charge >= 0.3 is 0 Å². The highest BCUT2D eigenvalue weighted by molar-refractivity contribution is 5.41. The van der Waals surface area contributed by atoms with Crippen LogP contribution < -0.4 is 10.5 Å². The molecule has 0 aromatic heterocycles. The van der Waals surface area contributed by atoms with Gasteiger partial charge in [0.05, 0.1) is 0 Å². The Morgan fingerprint density at radius 2 is 1.68 bits per heavy atom. The van der Waals surface area contributed by atoms with Crippen LogP contribution in [0.1, 0.15) is 36.1 Å². The smallest absolute Gasteiger partial charge is 0.132 e. The summed E-state index contributed by atoms with van der Waals surface area (Å²) in [5.41, 5.74) is 9.59. The van der Waals surface area contributed by atoms with Crippen LogP contribution in [0.15, 0.2) is 42.5 Å². The van der Waals surface area contributed by atoms with E-state index in [9.17, 15) is 0 Å². The Morgan fingerprint density at radius 3 is 2.32 bits per heavy atom. The molecule has 2 nitrogen and oxygen atoms in total. The van der Waals surface area contributed by atoms with Crippen LogP contribution in [-0.2, 0) is 0 Å². The number of ether oxygens (including phenoxy) is 1. The number of benzene rings is 2. The van der Waals surface area contributed by atoms with Gasteiger partial charge in [-0.15, -0.1) is 0 Å². The summed E-state index contributed by atoms with van der Waals surface area (Å²) in [6.07, 6.45) is 0.896. The van der Waals surface area contributed by atoms with E-state index in [4.69, 9.17) is 10.5 Å². The summed E-state index contributed by atoms with van der Waals surface area (Å²) >= 11 is 0. The first-order chi connectivity index (χ1) is 9.10. The molecule has 2 rings (SSSR count). The molecule has 2 aromatic rings. The Balaban J connectivity index is 2.32. The first-order valence-electron chi connectivity index (χ1n) is 6.71. The minimum absolute atomic E-state index is 0.0158. The molecule has 0 saturated carbocycles. The number of aryl methyl sites for hydroxylation is 2. The lowest BCUT2D eigenvalue weighted by atomic mass is 10.0. The maximum atomic E-state index is 6.13. The molecule has 100 valence electrons. The van der Waals surface area contributed by atoms with Gasteiger partial charge in [-0.1, -0.05) is 31.2 Å². The molecular formula is C17H21NO. The molecule has 1 atom stereocenters. The normalized spacial score (nSPS) is 12.2. The van der Waals surface area contributed by atoms with E-state index in [1.165, 1.54) is 11.1 Å². The van der Waals surface area contributed by atoms with Crippen LogP contribution in [0, 0.1) is 13.8 Å². The maximum absolute atomic E-state index is 6.13. The molecule has 0 heterocycles. The number of para-hydroxylation sites is 1. The van der Waals surface area contributed by atoms with E-state index in [1.54, 1.807) is 0 Å². The van der Waals surface area contributed by atoms with E-state index < -0.39 is 0 Å². The second kappa shape index (κ2) is 5.89. The Labute approximate surface area is 115 Å². The third-order valence-electron chi connectivity index (χ3n) is 3.18. The Morgan fingerprint density at radius 1 is 1.05 bits per heavy atom. The standard InChI is InChI=1S/C17H21NO/c1-4-16(18)15-7-5-6-8-17(15)19-14-10-12(2)9-13(3)11-14/h5-11,16H,4,18H2,1-3H3/t16-/m0/s1. The van der Waals surface area contributed by atoms with Crippen LogP contribution in [0.2, 0.25) is 0 Å². The molecule has 0 fully saturated rings. The largest absolute Gasteiger partial charge is 0.457 e. The Hall–Kier alpha value is -1.80. The molecule has 0 aliphatic heterocycles. The lowest BCUT2D eigenvalue weighted by molar-refractivity contribution is 0.468. The minimum atomic E-state index is 0.0158. The fourth-order valence-electron chi connectivity index (χ4n) is 2.22. The molecule has 0 radical (unpaired) electrons. The van der Waals surface area contributed by atoms with E-state index >= 15 is 0 Å². The summed E-state index contributed by atoms with van der Waals surface area (Å²) < 4.78 is 6.01. The van der Waals surface area contributed by atoms with Crippen LogP contribution in [-0.4, -0.2) is 0 Å². The highest BCUT2D eigenvalue weighted by Crippen LogP contribution is 2.30. The van der Waals surface area contributed by atoms with Gasteiger partial charge in [0.2, 0.25) is 0 Å². The first-order valence-corrected chi connectivity index (χ1v) is 6.71. The summed E-state index contributed by atoms with van der Waals surface area (Å²) in [4.78, 5) is 0. The van der Waals surface area contributed by atoms with Gasteiger partial charge in [0.1, 0.15) is 11.5 Å². The number of nitrogens with two attached hydrogens (primary N) is 1. The van der Waals surface area contributed by atoms with Gasteiger partial charge in [-0.3, -0.25) is 0 Å². The molecular weight excluding hydrogens is 234 g/mol. The molecule has 0 aliphatic carbocycles. The van der Waals surface area contributed by atoms with Crippen molar-refractivity contribution in [2.45, 2.75) is 33.2 Å². The number of rotatable bonds is 4. The summed E-state index contributed by atoms with van der Waals surface area (Å²) in [6, 6.07) is 14.2. The van der Waals surface area contributed by atoms with Crippen molar-refractivity contribution in [2.75, 3.05) is 0 Å². The summed E-state index contributed by atoms with van der Waals surface area (Å²) in [6.45, 7) is 6.23. The molecule has 0 unspecified atom stereocenters. The van der Waals surface area contributed by atoms with Gasteiger partial charge in [0.15, 0.2) is 0 Å². The van der Waals surface area contributed by atoms with Crippen molar-refractivity contribution in [1.82, 2.24) is 0 Å². The molecule has 0 spiro atoms. The molecule has 19 heavy (non-hydrogen) atoms. The van der Waals surface area contributed by atoms with Gasteiger partial charge in [-0.05, 0) is 49.6 Å². The van der Waals surface area contributed by atoms with Crippen LogP contribution in [0.4, 0.5) is 0 Å². The quantitative estimate of drug-likeness (QED) is 0.872. The SMILES string of the molecule is CC[C@H](N)c1ccccc1Oc1cc(C)cc(C)c1. The lowest BCUT2D eigenvalue weighted by Gasteiger charge is -2.16. The lowest BCUT2D eigenvalue weighted by Crippen LogP contribution is -2.09.